The highest BCUT2D eigenvalue weighted by Gasteiger charge is 2.14. The van der Waals surface area contributed by atoms with Crippen LogP contribution in [-0.2, 0) is 11.4 Å². The van der Waals surface area contributed by atoms with Gasteiger partial charge in [0.15, 0.2) is 0 Å². The molecular formula is C25H20BrClN2O2. The lowest BCUT2D eigenvalue weighted by Gasteiger charge is -2.12. The van der Waals surface area contributed by atoms with E-state index >= 15 is 0 Å². The van der Waals surface area contributed by atoms with E-state index in [9.17, 15) is 10.1 Å². The third-order valence-electron chi connectivity index (χ3n) is 4.83. The van der Waals surface area contributed by atoms with Gasteiger partial charge in [-0.3, -0.25) is 4.79 Å². The van der Waals surface area contributed by atoms with Crippen molar-refractivity contribution in [2.45, 2.75) is 20.5 Å². The molecule has 6 heteroatoms. The lowest BCUT2D eigenvalue weighted by molar-refractivity contribution is -0.112. The smallest absolute Gasteiger partial charge is 0.266 e. The van der Waals surface area contributed by atoms with Crippen LogP contribution in [-0.4, -0.2) is 5.91 Å². The summed E-state index contributed by atoms with van der Waals surface area (Å²) in [6, 6.07) is 20.4. The van der Waals surface area contributed by atoms with Gasteiger partial charge in [-0.1, -0.05) is 57.9 Å². The van der Waals surface area contributed by atoms with Crippen molar-refractivity contribution in [3.8, 4) is 11.8 Å². The van der Waals surface area contributed by atoms with Crippen LogP contribution in [0.3, 0.4) is 0 Å². The molecule has 0 fully saturated rings. The number of nitriles is 1. The van der Waals surface area contributed by atoms with Crippen LogP contribution in [0.4, 0.5) is 5.69 Å². The summed E-state index contributed by atoms with van der Waals surface area (Å²) in [4.78, 5) is 12.7. The molecule has 0 aliphatic carbocycles. The van der Waals surface area contributed by atoms with Crippen molar-refractivity contribution in [2.24, 2.45) is 0 Å². The van der Waals surface area contributed by atoms with Crippen LogP contribution in [0.1, 0.15) is 22.3 Å². The van der Waals surface area contributed by atoms with Crippen molar-refractivity contribution in [2.75, 3.05) is 5.32 Å². The Hall–Kier alpha value is -3.07. The van der Waals surface area contributed by atoms with Gasteiger partial charge in [-0.2, -0.15) is 5.26 Å². The molecular weight excluding hydrogens is 476 g/mol. The molecule has 0 aromatic heterocycles. The largest absolute Gasteiger partial charge is 0.488 e. The molecule has 0 aliphatic rings. The zero-order valence-corrected chi connectivity index (χ0v) is 19.4. The van der Waals surface area contributed by atoms with Gasteiger partial charge in [0.2, 0.25) is 0 Å². The second-order valence-corrected chi connectivity index (χ2v) is 8.22. The fraction of sp³-hybridized carbons (Fsp3) is 0.120. The summed E-state index contributed by atoms with van der Waals surface area (Å²) in [5.41, 5.74) is 4.15. The fourth-order valence-corrected chi connectivity index (χ4v) is 3.49. The molecule has 0 heterocycles. The summed E-state index contributed by atoms with van der Waals surface area (Å²) >= 11 is 9.66. The Morgan fingerprint density at radius 1 is 1.16 bits per heavy atom. The van der Waals surface area contributed by atoms with E-state index in [0.29, 0.717) is 28.6 Å². The lowest BCUT2D eigenvalue weighted by Crippen LogP contribution is -2.14. The van der Waals surface area contributed by atoms with Gasteiger partial charge in [-0.15, -0.1) is 0 Å². The Kier molecular flexibility index (Phi) is 7.51. The molecule has 3 rings (SSSR count). The SMILES string of the molecule is Cc1cccc(NC(=O)/C(C#N)=C/c2cc(Cl)ccc2OCc2ccccc2Br)c1C. The molecule has 0 radical (unpaired) electrons. The highest BCUT2D eigenvalue weighted by atomic mass is 79.9. The number of carbonyl (C=O) groups is 1. The first-order valence-electron chi connectivity index (χ1n) is 9.54. The Balaban J connectivity index is 1.87. The van der Waals surface area contributed by atoms with E-state index < -0.39 is 5.91 Å². The molecule has 0 aliphatic heterocycles. The summed E-state index contributed by atoms with van der Waals surface area (Å²) < 4.78 is 6.90. The Bertz CT molecular complexity index is 1200. The molecule has 0 saturated heterocycles. The maximum Gasteiger partial charge on any atom is 0.266 e. The number of amides is 1. The predicted octanol–water partition coefficient (Wildman–Crippen LogP) is 6.84. The Morgan fingerprint density at radius 2 is 1.94 bits per heavy atom. The number of ether oxygens (including phenoxy) is 1. The molecule has 0 atom stereocenters. The monoisotopic (exact) mass is 494 g/mol. The van der Waals surface area contributed by atoms with E-state index in [4.69, 9.17) is 16.3 Å². The number of nitrogens with one attached hydrogen (secondary N) is 1. The zero-order chi connectivity index (χ0) is 22.4. The minimum atomic E-state index is -0.493. The van der Waals surface area contributed by atoms with Gasteiger partial charge in [-0.05, 0) is 61.4 Å². The molecule has 1 N–H and O–H groups in total. The molecule has 4 nitrogen and oxygen atoms in total. The van der Waals surface area contributed by atoms with E-state index in [-0.39, 0.29) is 5.57 Å². The average Bonchev–Trinajstić information content (AvgIpc) is 2.75. The first kappa shape index (κ1) is 22.6. The minimum absolute atomic E-state index is 0.0473. The number of hydrogen-bond donors (Lipinski definition) is 1. The number of halogens is 2. The van der Waals surface area contributed by atoms with Gasteiger partial charge >= 0.3 is 0 Å². The summed E-state index contributed by atoms with van der Waals surface area (Å²) in [6.07, 6.45) is 1.49. The Labute approximate surface area is 195 Å². The normalized spacial score (nSPS) is 11.0. The summed E-state index contributed by atoms with van der Waals surface area (Å²) in [5.74, 6) is 0.0281. The van der Waals surface area contributed by atoms with Crippen LogP contribution >= 0.6 is 27.5 Å². The van der Waals surface area contributed by atoms with E-state index in [1.807, 2.05) is 56.3 Å². The molecule has 0 saturated carbocycles. The first-order valence-corrected chi connectivity index (χ1v) is 10.7. The number of nitrogens with zero attached hydrogens (tertiary/aromatic N) is 1. The number of rotatable bonds is 6. The first-order chi connectivity index (χ1) is 14.9. The molecule has 156 valence electrons. The van der Waals surface area contributed by atoms with Crippen LogP contribution < -0.4 is 10.1 Å². The van der Waals surface area contributed by atoms with E-state index in [2.05, 4.69) is 21.2 Å². The number of benzene rings is 3. The summed E-state index contributed by atoms with van der Waals surface area (Å²) in [5, 5.41) is 12.9. The van der Waals surface area contributed by atoms with Crippen LogP contribution in [0.5, 0.6) is 5.75 Å². The topological polar surface area (TPSA) is 62.1 Å². The molecule has 3 aromatic rings. The van der Waals surface area contributed by atoms with Crippen LogP contribution in [0.15, 0.2) is 70.7 Å². The quantitative estimate of drug-likeness (QED) is 0.301. The van der Waals surface area contributed by atoms with Gasteiger partial charge in [0.1, 0.15) is 24.0 Å². The van der Waals surface area contributed by atoms with Crippen molar-refractivity contribution in [1.29, 1.82) is 5.26 Å². The number of carbonyl (C=O) groups excluding carboxylic acids is 1. The number of anilines is 1. The molecule has 0 spiro atoms. The van der Waals surface area contributed by atoms with Gasteiger partial charge in [0, 0.05) is 26.3 Å². The standard InChI is InChI=1S/C25H20BrClN2O2/c1-16-6-5-9-23(17(16)2)29-25(30)20(14-28)12-19-13-21(27)10-11-24(19)31-15-18-7-3-4-8-22(18)26/h3-13H,15H2,1-2H3,(H,29,30)/b20-12+. The number of hydrogen-bond acceptors (Lipinski definition) is 3. The van der Waals surface area contributed by atoms with E-state index in [0.717, 1.165) is 21.2 Å². The lowest BCUT2D eigenvalue weighted by atomic mass is 10.1. The third-order valence-corrected chi connectivity index (χ3v) is 5.84. The van der Waals surface area contributed by atoms with Crippen molar-refractivity contribution >= 4 is 45.2 Å². The van der Waals surface area contributed by atoms with Crippen molar-refractivity contribution in [1.82, 2.24) is 0 Å². The maximum atomic E-state index is 12.7. The second-order valence-electron chi connectivity index (χ2n) is 6.93. The highest BCUT2D eigenvalue weighted by Crippen LogP contribution is 2.28. The van der Waals surface area contributed by atoms with Gasteiger partial charge < -0.3 is 10.1 Å². The third kappa shape index (κ3) is 5.75. The molecule has 3 aromatic carbocycles. The van der Waals surface area contributed by atoms with Crippen LogP contribution in [0.2, 0.25) is 5.02 Å². The molecule has 31 heavy (non-hydrogen) atoms. The van der Waals surface area contributed by atoms with Crippen LogP contribution in [0, 0.1) is 25.2 Å². The van der Waals surface area contributed by atoms with Gasteiger partial charge in [0.25, 0.3) is 5.91 Å². The highest BCUT2D eigenvalue weighted by molar-refractivity contribution is 9.10. The van der Waals surface area contributed by atoms with Gasteiger partial charge in [0.05, 0.1) is 0 Å². The predicted molar refractivity (Wildman–Crippen MR) is 128 cm³/mol. The average molecular weight is 496 g/mol. The molecule has 1 amide bonds. The summed E-state index contributed by atoms with van der Waals surface area (Å²) in [7, 11) is 0. The fourth-order valence-electron chi connectivity index (χ4n) is 2.91. The van der Waals surface area contributed by atoms with E-state index in [1.54, 1.807) is 24.3 Å². The molecule has 0 bridgehead atoms. The second kappa shape index (κ2) is 10.3. The Morgan fingerprint density at radius 3 is 2.68 bits per heavy atom. The van der Waals surface area contributed by atoms with Crippen molar-refractivity contribution in [3.63, 3.8) is 0 Å². The minimum Gasteiger partial charge on any atom is -0.488 e. The van der Waals surface area contributed by atoms with E-state index in [1.165, 1.54) is 6.08 Å². The summed E-state index contributed by atoms with van der Waals surface area (Å²) in [6.45, 7) is 4.21. The van der Waals surface area contributed by atoms with Crippen LogP contribution in [0.25, 0.3) is 6.08 Å². The molecule has 0 unspecified atom stereocenters. The zero-order valence-electron chi connectivity index (χ0n) is 17.1. The number of aryl methyl sites for hydroxylation is 1. The van der Waals surface area contributed by atoms with Crippen molar-refractivity contribution < 1.29 is 9.53 Å². The van der Waals surface area contributed by atoms with Crippen molar-refractivity contribution in [3.05, 3.63) is 98.0 Å². The maximum absolute atomic E-state index is 12.7. The van der Waals surface area contributed by atoms with Gasteiger partial charge in [-0.25, -0.2) is 0 Å².